The number of hydrogen-bond donors (Lipinski definition) is 3. The number of benzene rings is 2. The van der Waals surface area contributed by atoms with Crippen molar-refractivity contribution in [2.45, 2.75) is 151 Å². The average molecular weight is 1010 g/mol. The van der Waals surface area contributed by atoms with Gasteiger partial charge in [-0.15, -0.1) is 0 Å². The fraction of sp³-hybridized carbons (Fsp3) is 0.510. The summed E-state index contributed by atoms with van der Waals surface area (Å²) in [6.07, 6.45) is 6.94. The van der Waals surface area contributed by atoms with Crippen molar-refractivity contribution >= 4 is 36.1 Å². The molecular formula is C49H72N10O13. The lowest BCUT2D eigenvalue weighted by molar-refractivity contribution is -0.143. The van der Waals surface area contributed by atoms with E-state index < -0.39 is 47.3 Å². The van der Waals surface area contributed by atoms with Crippen LogP contribution in [0.5, 0.6) is 0 Å². The molecule has 8 rings (SSSR count). The number of carbonyl (C=O) groups is 6. The molecule has 4 atom stereocenters. The SMILES string of the molecule is C.C.C.CC(C)(C)OC(=O)n1cnc(CON)c1.CC(C)(C)OC(=O)n1cnc(CONC(=O)[C@@H]2CC[C@@H]3CN2C(=O)N3OCc2ccccc2)c1.O=C(O)[C@@H]1CC[C@@H]2CN1C(=O)N2OCc1ccccc1. The number of hydrogen-bond acceptors (Lipinski definition) is 15. The van der Waals surface area contributed by atoms with Crippen LogP contribution in [0.15, 0.2) is 85.7 Å². The molecule has 0 aliphatic carbocycles. The number of nitrogens with one attached hydrogen (secondary N) is 1. The summed E-state index contributed by atoms with van der Waals surface area (Å²) in [5, 5.41) is 11.8. The van der Waals surface area contributed by atoms with Crippen LogP contribution in [0.2, 0.25) is 0 Å². The van der Waals surface area contributed by atoms with Gasteiger partial charge in [-0.2, -0.15) is 10.1 Å². The number of nitrogens with two attached hydrogens (primary N) is 1. The van der Waals surface area contributed by atoms with Crippen LogP contribution >= 0.6 is 0 Å². The molecule has 23 heteroatoms. The number of carboxylic acid groups (broad SMARTS) is 1. The van der Waals surface area contributed by atoms with E-state index in [2.05, 4.69) is 20.3 Å². The predicted molar refractivity (Wildman–Crippen MR) is 261 cm³/mol. The maximum Gasteiger partial charge on any atom is 0.419 e. The van der Waals surface area contributed by atoms with Crippen LogP contribution in [0, 0.1) is 0 Å². The van der Waals surface area contributed by atoms with Crippen molar-refractivity contribution in [3.63, 3.8) is 0 Å². The van der Waals surface area contributed by atoms with Gasteiger partial charge >= 0.3 is 30.2 Å². The molecule has 2 aromatic carbocycles. The molecule has 4 fully saturated rings. The van der Waals surface area contributed by atoms with Gasteiger partial charge in [0, 0.05) is 25.5 Å². The Hall–Kier alpha value is -6.92. The van der Waals surface area contributed by atoms with Crippen molar-refractivity contribution in [2.75, 3.05) is 13.1 Å². The highest BCUT2D eigenvalue weighted by molar-refractivity contribution is 5.88. The number of aliphatic carboxylic acids is 1. The highest BCUT2D eigenvalue weighted by Gasteiger charge is 2.49. The van der Waals surface area contributed by atoms with Crippen molar-refractivity contribution in [2.24, 2.45) is 5.90 Å². The van der Waals surface area contributed by atoms with Crippen LogP contribution in [0.25, 0.3) is 0 Å². The monoisotopic (exact) mass is 1010 g/mol. The zero-order valence-electron chi connectivity index (χ0n) is 39.5. The second kappa shape index (κ2) is 26.5. The fourth-order valence-electron chi connectivity index (χ4n) is 7.60. The minimum atomic E-state index is -0.943. The smallest absolute Gasteiger partial charge is 0.419 e. The summed E-state index contributed by atoms with van der Waals surface area (Å²) in [5.41, 5.74) is 4.20. The highest BCUT2D eigenvalue weighted by atomic mass is 16.7. The number of amides is 5. The Morgan fingerprint density at radius 1 is 0.639 bits per heavy atom. The van der Waals surface area contributed by atoms with Gasteiger partial charge in [0.1, 0.15) is 62.4 Å². The maximum atomic E-state index is 12.8. The second-order valence-corrected chi connectivity index (χ2v) is 18.4. The summed E-state index contributed by atoms with van der Waals surface area (Å²) in [7, 11) is 0. The van der Waals surface area contributed by atoms with E-state index >= 15 is 0 Å². The molecule has 4 aromatic rings. The third-order valence-corrected chi connectivity index (χ3v) is 10.8. The zero-order chi connectivity index (χ0) is 49.9. The van der Waals surface area contributed by atoms with Crippen molar-refractivity contribution in [3.05, 3.63) is 108 Å². The van der Waals surface area contributed by atoms with Gasteiger partial charge in [0.2, 0.25) is 0 Å². The number of urea groups is 2. The molecule has 0 unspecified atom stereocenters. The van der Waals surface area contributed by atoms with Crippen LogP contribution < -0.4 is 11.4 Å². The first-order valence-electron chi connectivity index (χ1n) is 22.3. The van der Waals surface area contributed by atoms with E-state index in [0.29, 0.717) is 56.8 Å². The van der Waals surface area contributed by atoms with E-state index in [-0.39, 0.29) is 66.2 Å². The summed E-state index contributed by atoms with van der Waals surface area (Å²) in [4.78, 5) is 104. The van der Waals surface area contributed by atoms with Gasteiger partial charge in [0.25, 0.3) is 5.91 Å². The first-order chi connectivity index (χ1) is 32.8. The summed E-state index contributed by atoms with van der Waals surface area (Å²) in [6.45, 7) is 12.3. The lowest BCUT2D eigenvalue weighted by atomic mass is 10.0. The maximum absolute atomic E-state index is 12.8. The van der Waals surface area contributed by atoms with Crippen LogP contribution in [-0.4, -0.2) is 129 Å². The number of hydroxylamine groups is 5. The number of ether oxygens (including phenoxy) is 2. The van der Waals surface area contributed by atoms with Crippen LogP contribution in [0.4, 0.5) is 19.2 Å². The number of imidazole rings is 2. The van der Waals surface area contributed by atoms with Gasteiger partial charge < -0.3 is 24.4 Å². The summed E-state index contributed by atoms with van der Waals surface area (Å²) in [6, 6.07) is 17.0. The average Bonchev–Trinajstić information content (AvgIpc) is 4.08. The standard InChI is InChI=1S/C23H29N5O6.C14H16N2O4.C9H15N3O3.3CH4/c1-23(2,3)34-22(31)26-11-17(24-15-26)14-32-25-20(29)19-10-9-18-12-27(19)21(30)28(18)33-13-16-7-5-4-6-8-16;17-13(18)12-7-6-11-8-15(12)14(19)16(11)20-9-10-4-2-1-3-5-10;1-9(2,3)15-8(13)12-4-7(5-14-10)11-6-12;;;/h4-8,11,15,18-19H,9-10,12-14H2,1-3H3,(H,25,29);1-5,11-12H,6-9H2,(H,17,18);4,6H,5,10H2,1-3H3;3*1H4/t18-,19+;11-,12+;;;;/m11..../s1. The molecule has 4 aliphatic rings. The first-order valence-corrected chi connectivity index (χ1v) is 22.3. The van der Waals surface area contributed by atoms with Crippen LogP contribution in [0.1, 0.15) is 112 Å². The van der Waals surface area contributed by atoms with E-state index in [1.807, 2.05) is 60.7 Å². The number of aromatic nitrogens is 4. The molecule has 396 valence electrons. The van der Waals surface area contributed by atoms with Gasteiger partial charge in [-0.3, -0.25) is 24.1 Å². The third kappa shape index (κ3) is 16.3. The van der Waals surface area contributed by atoms with Crippen molar-refractivity contribution in [1.29, 1.82) is 0 Å². The Bertz CT molecular complexity index is 2390. The number of rotatable bonds is 13. The molecule has 6 heterocycles. The quantitative estimate of drug-likeness (QED) is 0.113. The molecule has 5 amide bonds. The summed E-state index contributed by atoms with van der Waals surface area (Å²) < 4.78 is 12.9. The van der Waals surface area contributed by atoms with Crippen LogP contribution in [0.3, 0.4) is 0 Å². The second-order valence-electron chi connectivity index (χ2n) is 18.4. The molecule has 4 aliphatic heterocycles. The van der Waals surface area contributed by atoms with Gasteiger partial charge in [-0.05, 0) is 78.4 Å². The van der Waals surface area contributed by atoms with Crippen LogP contribution in [-0.2, 0) is 64.8 Å². The van der Waals surface area contributed by atoms with Gasteiger partial charge in [-0.25, -0.2) is 54.5 Å². The molecule has 2 aromatic heterocycles. The minimum Gasteiger partial charge on any atom is -0.480 e. The van der Waals surface area contributed by atoms with E-state index in [1.54, 1.807) is 41.5 Å². The van der Waals surface area contributed by atoms with Gasteiger partial charge in [-0.1, -0.05) is 82.9 Å². The molecule has 0 radical (unpaired) electrons. The topological polar surface area (TPSA) is 265 Å². The number of nitrogens with zero attached hydrogens (tertiary/aromatic N) is 8. The number of carboxylic acids is 1. The van der Waals surface area contributed by atoms with Crippen molar-refractivity contribution in [3.8, 4) is 0 Å². The normalized spacial score (nSPS) is 18.8. The zero-order valence-corrected chi connectivity index (χ0v) is 39.5. The van der Waals surface area contributed by atoms with Crippen molar-refractivity contribution in [1.82, 2.24) is 44.5 Å². The number of piperidine rings is 2. The Labute approximate surface area is 420 Å². The highest BCUT2D eigenvalue weighted by Crippen LogP contribution is 2.32. The molecule has 4 N–H and O–H groups in total. The van der Waals surface area contributed by atoms with Gasteiger partial charge in [0.15, 0.2) is 0 Å². The molecule has 0 spiro atoms. The number of carbonyl (C=O) groups excluding carboxylic acids is 5. The fourth-order valence-corrected chi connectivity index (χ4v) is 7.60. The third-order valence-electron chi connectivity index (χ3n) is 10.8. The van der Waals surface area contributed by atoms with E-state index in [1.165, 1.54) is 54.1 Å². The van der Waals surface area contributed by atoms with E-state index in [0.717, 1.165) is 11.1 Å². The van der Waals surface area contributed by atoms with E-state index in [4.69, 9.17) is 35.0 Å². The molecule has 0 saturated carbocycles. The molecular weight excluding hydrogens is 937 g/mol. The Balaban J connectivity index is 0.000000307. The predicted octanol–water partition coefficient (Wildman–Crippen LogP) is 7.05. The molecule has 4 saturated heterocycles. The minimum absolute atomic E-state index is 0. The Morgan fingerprint density at radius 3 is 1.47 bits per heavy atom. The molecule has 4 bridgehead atoms. The lowest BCUT2D eigenvalue weighted by Crippen LogP contribution is -2.49. The van der Waals surface area contributed by atoms with Crippen molar-refractivity contribution < 1.29 is 62.7 Å². The molecule has 72 heavy (non-hydrogen) atoms. The summed E-state index contributed by atoms with van der Waals surface area (Å²) >= 11 is 0. The number of fused-ring (bicyclic) bond motifs is 4. The Morgan fingerprint density at radius 2 is 1.06 bits per heavy atom. The first kappa shape index (κ1) is 59.4. The van der Waals surface area contributed by atoms with Gasteiger partial charge in [0.05, 0.1) is 23.5 Å². The lowest BCUT2D eigenvalue weighted by Gasteiger charge is -2.28. The summed E-state index contributed by atoms with van der Waals surface area (Å²) in [5.74, 6) is 3.53. The largest absolute Gasteiger partial charge is 0.480 e. The Kier molecular flexibility index (Phi) is 21.9. The molecule has 23 nitrogen and oxygen atoms in total. The van der Waals surface area contributed by atoms with E-state index in [9.17, 15) is 28.8 Å².